The Hall–Kier alpha value is -3.75. The van der Waals surface area contributed by atoms with Crippen LogP contribution in [0.3, 0.4) is 0 Å². The first-order chi connectivity index (χ1) is 16.1. The molecule has 9 nitrogen and oxygen atoms in total. The number of anilines is 1. The Kier molecular flexibility index (Phi) is 5.77. The number of nitrogens with zero attached hydrogens (tertiary/aromatic N) is 5. The monoisotopic (exact) mass is 446 g/mol. The largest absolute Gasteiger partial charge is 0.481 e. The predicted molar refractivity (Wildman–Crippen MR) is 121 cm³/mol. The van der Waals surface area contributed by atoms with Crippen LogP contribution in [0, 0.1) is 0 Å². The van der Waals surface area contributed by atoms with Gasteiger partial charge in [-0.05, 0) is 48.9 Å². The van der Waals surface area contributed by atoms with E-state index in [0.29, 0.717) is 24.3 Å². The normalized spacial score (nSPS) is 16.0. The summed E-state index contributed by atoms with van der Waals surface area (Å²) in [7, 11) is 0. The van der Waals surface area contributed by atoms with E-state index < -0.39 is 12.0 Å². The summed E-state index contributed by atoms with van der Waals surface area (Å²) in [6.07, 6.45) is 10.2. The molecule has 0 saturated heterocycles. The zero-order valence-electron chi connectivity index (χ0n) is 18.3. The smallest absolute Gasteiger partial charge is 0.305 e. The number of carboxylic acids is 1. The predicted octanol–water partition coefficient (Wildman–Crippen LogP) is 2.49. The third-order valence-electron chi connectivity index (χ3n) is 6.35. The molecule has 2 aliphatic rings. The van der Waals surface area contributed by atoms with Crippen molar-refractivity contribution in [3.8, 4) is 0 Å². The van der Waals surface area contributed by atoms with Crippen molar-refractivity contribution in [2.24, 2.45) is 0 Å². The Morgan fingerprint density at radius 3 is 2.85 bits per heavy atom. The maximum Gasteiger partial charge on any atom is 0.305 e. The van der Waals surface area contributed by atoms with Gasteiger partial charge in [0, 0.05) is 49.5 Å². The molecule has 1 unspecified atom stereocenters. The number of aliphatic carboxylic acids is 1. The van der Waals surface area contributed by atoms with Crippen LogP contribution >= 0.6 is 0 Å². The molecule has 170 valence electrons. The van der Waals surface area contributed by atoms with Gasteiger partial charge in [0.05, 0.1) is 12.5 Å². The Labute approximate surface area is 191 Å². The first-order valence-electron chi connectivity index (χ1n) is 11.3. The van der Waals surface area contributed by atoms with Gasteiger partial charge in [-0.1, -0.05) is 6.07 Å². The molecule has 0 aromatic carbocycles. The zero-order chi connectivity index (χ0) is 22.8. The molecule has 33 heavy (non-hydrogen) atoms. The summed E-state index contributed by atoms with van der Waals surface area (Å²) in [5.74, 6) is -0.140. The first kappa shape index (κ1) is 21.1. The number of aryl methyl sites for hydroxylation is 3. The second kappa shape index (κ2) is 9.01. The maximum absolute atomic E-state index is 13.3. The van der Waals surface area contributed by atoms with Crippen molar-refractivity contribution in [3.05, 3.63) is 71.2 Å². The van der Waals surface area contributed by atoms with Crippen molar-refractivity contribution in [3.63, 3.8) is 0 Å². The van der Waals surface area contributed by atoms with Crippen LogP contribution in [-0.4, -0.2) is 54.5 Å². The Bertz CT molecular complexity index is 1180. The van der Waals surface area contributed by atoms with Crippen LogP contribution in [0.15, 0.2) is 43.1 Å². The molecule has 3 aromatic rings. The van der Waals surface area contributed by atoms with Crippen molar-refractivity contribution >= 4 is 17.7 Å². The van der Waals surface area contributed by atoms with Crippen LogP contribution in [0.25, 0.3) is 0 Å². The summed E-state index contributed by atoms with van der Waals surface area (Å²) >= 11 is 0. The van der Waals surface area contributed by atoms with Crippen LogP contribution in [-0.2, 0) is 30.6 Å². The number of amides is 1. The lowest BCUT2D eigenvalue weighted by atomic mass is 10.0. The van der Waals surface area contributed by atoms with Crippen molar-refractivity contribution in [1.82, 2.24) is 24.4 Å². The van der Waals surface area contributed by atoms with Crippen molar-refractivity contribution < 1.29 is 14.7 Å². The lowest BCUT2D eigenvalue weighted by Gasteiger charge is -2.34. The number of carboxylic acid groups (broad SMARTS) is 1. The molecule has 0 bridgehead atoms. The minimum absolute atomic E-state index is 0.168. The van der Waals surface area contributed by atoms with Gasteiger partial charge < -0.3 is 19.9 Å². The molecule has 5 rings (SSSR count). The highest BCUT2D eigenvalue weighted by Gasteiger charge is 2.33. The van der Waals surface area contributed by atoms with Crippen LogP contribution in [0.2, 0.25) is 0 Å². The highest BCUT2D eigenvalue weighted by molar-refractivity contribution is 5.94. The number of aromatic nitrogens is 4. The lowest BCUT2D eigenvalue weighted by Crippen LogP contribution is -2.43. The van der Waals surface area contributed by atoms with Gasteiger partial charge in [-0.15, -0.1) is 0 Å². The third kappa shape index (κ3) is 4.44. The Morgan fingerprint density at radius 2 is 2.03 bits per heavy atom. The molecule has 0 radical (unpaired) electrons. The molecule has 5 heterocycles. The average molecular weight is 447 g/mol. The van der Waals surface area contributed by atoms with E-state index in [9.17, 15) is 14.7 Å². The summed E-state index contributed by atoms with van der Waals surface area (Å²) in [4.78, 5) is 39.2. The number of hydrogen-bond acceptors (Lipinski definition) is 6. The molecule has 1 amide bonds. The number of carbonyl (C=O) groups excluding carboxylic acids is 1. The Balaban J connectivity index is 1.31. The summed E-state index contributed by atoms with van der Waals surface area (Å²) in [6, 6.07) is 5.57. The van der Waals surface area contributed by atoms with E-state index in [2.05, 4.69) is 27.4 Å². The van der Waals surface area contributed by atoms with Crippen molar-refractivity contribution in [1.29, 1.82) is 0 Å². The molecular formula is C24H26N6O3. The maximum atomic E-state index is 13.3. The third-order valence-corrected chi connectivity index (χ3v) is 6.35. The standard InChI is InChI=1S/C24H26N6O3/c31-22(32)11-20(18-12-25-15-26-13-18)30-9-8-29-14-16(10-21(29)24(30)33)3-5-19-6-4-17-2-1-7-27-23(17)28-19/h4,6,10,12-15,20H,1-3,5,7-9,11H2,(H,27,28)(H,31,32). The number of fused-ring (bicyclic) bond motifs is 2. The van der Waals surface area contributed by atoms with Crippen LogP contribution in [0.5, 0.6) is 0 Å². The van der Waals surface area contributed by atoms with Crippen molar-refractivity contribution in [2.75, 3.05) is 18.4 Å². The summed E-state index contributed by atoms with van der Waals surface area (Å²) in [5.41, 5.74) is 4.59. The molecule has 3 aromatic heterocycles. The second-order valence-electron chi connectivity index (χ2n) is 8.55. The van der Waals surface area contributed by atoms with E-state index in [0.717, 1.165) is 49.3 Å². The average Bonchev–Trinajstić information content (AvgIpc) is 3.26. The topological polar surface area (TPSA) is 113 Å². The molecule has 2 aliphatic heterocycles. The van der Waals surface area contributed by atoms with Gasteiger partial charge >= 0.3 is 5.97 Å². The van der Waals surface area contributed by atoms with Crippen LogP contribution in [0.4, 0.5) is 5.82 Å². The van der Waals surface area contributed by atoms with Crippen LogP contribution in [0.1, 0.15) is 51.8 Å². The summed E-state index contributed by atoms with van der Waals surface area (Å²) < 4.78 is 1.97. The second-order valence-corrected chi connectivity index (χ2v) is 8.55. The van der Waals surface area contributed by atoms with Gasteiger partial charge in [0.25, 0.3) is 5.91 Å². The molecule has 0 spiro atoms. The minimum atomic E-state index is -0.967. The molecule has 0 aliphatic carbocycles. The highest BCUT2D eigenvalue weighted by atomic mass is 16.4. The molecule has 1 atom stereocenters. The van der Waals surface area contributed by atoms with Gasteiger partial charge in [-0.3, -0.25) is 9.59 Å². The summed E-state index contributed by atoms with van der Waals surface area (Å²) in [6.45, 7) is 2.02. The molecule has 2 N–H and O–H groups in total. The van der Waals surface area contributed by atoms with E-state index in [1.165, 1.54) is 11.9 Å². The van der Waals surface area contributed by atoms with E-state index in [4.69, 9.17) is 4.98 Å². The molecule has 0 fully saturated rings. The number of pyridine rings is 1. The number of hydrogen-bond donors (Lipinski definition) is 2. The SMILES string of the molecule is O=C(O)CC(c1cncnc1)N1CCn2cc(CCc3ccc4c(n3)NCCC4)cc2C1=O. The quantitative estimate of drug-likeness (QED) is 0.573. The Morgan fingerprint density at radius 1 is 1.18 bits per heavy atom. The van der Waals surface area contributed by atoms with Gasteiger partial charge in [-0.2, -0.15) is 0 Å². The summed E-state index contributed by atoms with van der Waals surface area (Å²) in [5, 5.41) is 12.8. The fourth-order valence-corrected chi connectivity index (χ4v) is 4.67. The minimum Gasteiger partial charge on any atom is -0.481 e. The van der Waals surface area contributed by atoms with E-state index in [-0.39, 0.29) is 12.3 Å². The van der Waals surface area contributed by atoms with E-state index >= 15 is 0 Å². The van der Waals surface area contributed by atoms with Crippen LogP contribution < -0.4 is 5.32 Å². The fraction of sp³-hybridized carbons (Fsp3) is 0.375. The van der Waals surface area contributed by atoms with Crippen molar-refractivity contribution in [2.45, 2.75) is 44.7 Å². The molecular weight excluding hydrogens is 420 g/mol. The van der Waals surface area contributed by atoms with Gasteiger partial charge in [0.2, 0.25) is 0 Å². The zero-order valence-corrected chi connectivity index (χ0v) is 18.3. The molecule has 0 saturated carbocycles. The molecule has 9 heteroatoms. The fourth-order valence-electron chi connectivity index (χ4n) is 4.67. The van der Waals surface area contributed by atoms with Gasteiger partial charge in [-0.25, -0.2) is 15.0 Å². The van der Waals surface area contributed by atoms with E-state index in [1.54, 1.807) is 17.3 Å². The van der Waals surface area contributed by atoms with Gasteiger partial charge in [0.1, 0.15) is 17.8 Å². The lowest BCUT2D eigenvalue weighted by molar-refractivity contribution is -0.138. The van der Waals surface area contributed by atoms with E-state index in [1.807, 2.05) is 16.8 Å². The number of carbonyl (C=O) groups is 2. The van der Waals surface area contributed by atoms with Gasteiger partial charge in [0.15, 0.2) is 0 Å². The first-order valence-corrected chi connectivity index (χ1v) is 11.3. The number of rotatable bonds is 7. The number of nitrogens with one attached hydrogen (secondary N) is 1. The highest BCUT2D eigenvalue weighted by Crippen LogP contribution is 2.29.